The molecule has 0 bridgehead atoms. The number of hydrogen-bond acceptors (Lipinski definition) is 4. The summed E-state index contributed by atoms with van der Waals surface area (Å²) in [6.07, 6.45) is 4.76. The van der Waals surface area contributed by atoms with Crippen molar-refractivity contribution in [1.82, 2.24) is 10.6 Å². The molecule has 0 aromatic carbocycles. The first-order valence-corrected chi connectivity index (χ1v) is 6.28. The molecule has 0 spiro atoms. The van der Waals surface area contributed by atoms with Gasteiger partial charge in [0, 0.05) is 13.0 Å². The molecule has 5 N–H and O–H groups in total. The fraction of sp³-hybridized carbons (Fsp3) is 0.538. The van der Waals surface area contributed by atoms with Crippen molar-refractivity contribution < 1.29 is 14.7 Å². The van der Waals surface area contributed by atoms with Gasteiger partial charge in [0.2, 0.25) is 11.8 Å². The van der Waals surface area contributed by atoms with Gasteiger partial charge in [-0.05, 0) is 6.42 Å². The van der Waals surface area contributed by atoms with E-state index in [4.69, 9.17) is 10.8 Å². The van der Waals surface area contributed by atoms with E-state index in [0.717, 1.165) is 12.0 Å². The Morgan fingerprint density at radius 3 is 2.63 bits per heavy atom. The smallest absolute Gasteiger partial charge is 0.243 e. The topological polar surface area (TPSA) is 104 Å². The molecule has 0 aromatic heterocycles. The quantitative estimate of drug-likeness (QED) is 0.422. The number of carbonyl (C=O) groups is 2. The van der Waals surface area contributed by atoms with Crippen molar-refractivity contribution in [3.63, 3.8) is 0 Å². The van der Waals surface area contributed by atoms with Gasteiger partial charge in [0.1, 0.15) is 6.04 Å². The number of allylic oxidation sites excluding steroid dienone is 2. The van der Waals surface area contributed by atoms with Crippen LogP contribution in [0.3, 0.4) is 0 Å². The maximum atomic E-state index is 11.9. The molecule has 6 heteroatoms. The molecule has 0 saturated carbocycles. The summed E-state index contributed by atoms with van der Waals surface area (Å²) in [5.74, 6) is -0.747. The van der Waals surface area contributed by atoms with Gasteiger partial charge in [-0.3, -0.25) is 9.59 Å². The molecule has 0 saturated heterocycles. The van der Waals surface area contributed by atoms with Crippen LogP contribution >= 0.6 is 0 Å². The van der Waals surface area contributed by atoms with Crippen LogP contribution in [0.2, 0.25) is 0 Å². The molecule has 2 amide bonds. The Morgan fingerprint density at radius 2 is 2.16 bits per heavy atom. The summed E-state index contributed by atoms with van der Waals surface area (Å²) >= 11 is 0. The summed E-state index contributed by atoms with van der Waals surface area (Å²) in [6, 6.07) is -0.710. The molecule has 0 radical (unpaired) electrons. The standard InChI is InChI=1S/C13H23N3O3/c1-3-5-10(4-2)8-11(16-12(18)9-14)13(19)15-6-7-17/h4-5,11,17H,2-3,6-9,14H2,1H3,(H,15,19)(H,16,18)/b10-5+. The largest absolute Gasteiger partial charge is 0.395 e. The number of aliphatic hydroxyl groups excluding tert-OH is 1. The van der Waals surface area contributed by atoms with Gasteiger partial charge in [0.15, 0.2) is 0 Å². The molecular weight excluding hydrogens is 246 g/mol. The number of aliphatic hydroxyl groups is 1. The van der Waals surface area contributed by atoms with Crippen molar-refractivity contribution in [1.29, 1.82) is 0 Å². The summed E-state index contributed by atoms with van der Waals surface area (Å²) < 4.78 is 0. The van der Waals surface area contributed by atoms with Crippen molar-refractivity contribution in [2.45, 2.75) is 25.8 Å². The highest BCUT2D eigenvalue weighted by Gasteiger charge is 2.20. The number of hydrogen-bond donors (Lipinski definition) is 4. The van der Waals surface area contributed by atoms with Crippen molar-refractivity contribution >= 4 is 11.8 Å². The Bertz CT molecular complexity index is 340. The van der Waals surface area contributed by atoms with Crippen molar-refractivity contribution in [3.8, 4) is 0 Å². The van der Waals surface area contributed by atoms with Gasteiger partial charge in [0.25, 0.3) is 0 Å². The maximum Gasteiger partial charge on any atom is 0.243 e. The van der Waals surface area contributed by atoms with E-state index in [2.05, 4.69) is 17.2 Å². The Balaban J connectivity index is 4.74. The lowest BCUT2D eigenvalue weighted by molar-refractivity contribution is -0.128. The molecule has 0 heterocycles. The predicted octanol–water partition coefficient (Wildman–Crippen LogP) is -0.549. The zero-order chi connectivity index (χ0) is 14.7. The summed E-state index contributed by atoms with van der Waals surface area (Å²) in [5, 5.41) is 13.8. The molecule has 0 aliphatic rings. The van der Waals surface area contributed by atoms with E-state index in [1.165, 1.54) is 0 Å². The van der Waals surface area contributed by atoms with Gasteiger partial charge in [-0.2, -0.15) is 0 Å². The van der Waals surface area contributed by atoms with E-state index in [-0.39, 0.29) is 25.6 Å². The number of nitrogens with one attached hydrogen (secondary N) is 2. The first kappa shape index (κ1) is 17.3. The molecule has 1 atom stereocenters. The summed E-state index contributed by atoms with van der Waals surface area (Å²) in [7, 11) is 0. The second-order valence-corrected chi connectivity index (χ2v) is 3.93. The van der Waals surface area contributed by atoms with Crippen LogP contribution in [0.15, 0.2) is 24.3 Å². The lowest BCUT2D eigenvalue weighted by Crippen LogP contribution is -2.49. The second-order valence-electron chi connectivity index (χ2n) is 3.93. The fourth-order valence-corrected chi connectivity index (χ4v) is 1.51. The van der Waals surface area contributed by atoms with Crippen LogP contribution in [0.4, 0.5) is 0 Å². The average molecular weight is 269 g/mol. The molecule has 6 nitrogen and oxygen atoms in total. The van der Waals surface area contributed by atoms with Crippen LogP contribution in [0.1, 0.15) is 19.8 Å². The lowest BCUT2D eigenvalue weighted by Gasteiger charge is -2.18. The van der Waals surface area contributed by atoms with Crippen LogP contribution in [0.5, 0.6) is 0 Å². The molecular formula is C13H23N3O3. The number of nitrogens with two attached hydrogens (primary N) is 1. The maximum absolute atomic E-state index is 11.9. The van der Waals surface area contributed by atoms with E-state index in [1.54, 1.807) is 6.08 Å². The van der Waals surface area contributed by atoms with Gasteiger partial charge in [-0.25, -0.2) is 0 Å². The van der Waals surface area contributed by atoms with Crippen LogP contribution in [0.25, 0.3) is 0 Å². The van der Waals surface area contributed by atoms with Gasteiger partial charge in [-0.15, -0.1) is 0 Å². The van der Waals surface area contributed by atoms with Crippen LogP contribution in [-0.4, -0.2) is 42.7 Å². The summed E-state index contributed by atoms with van der Waals surface area (Å²) in [4.78, 5) is 23.2. The van der Waals surface area contributed by atoms with E-state index in [9.17, 15) is 9.59 Å². The zero-order valence-electron chi connectivity index (χ0n) is 11.3. The predicted molar refractivity (Wildman–Crippen MR) is 74.3 cm³/mol. The highest BCUT2D eigenvalue weighted by atomic mass is 16.3. The molecule has 0 fully saturated rings. The first-order chi connectivity index (χ1) is 9.08. The molecule has 0 aromatic rings. The third-order valence-corrected chi connectivity index (χ3v) is 2.42. The molecule has 0 rings (SSSR count). The SMILES string of the molecule is C=C/C(=C\CC)CC(NC(=O)CN)C(=O)NCCO. The number of carbonyl (C=O) groups excluding carboxylic acids is 2. The van der Waals surface area contributed by atoms with Crippen molar-refractivity contribution in [2.24, 2.45) is 5.73 Å². The molecule has 0 aliphatic heterocycles. The third kappa shape index (κ3) is 7.38. The minimum Gasteiger partial charge on any atom is -0.395 e. The van der Waals surface area contributed by atoms with Crippen LogP contribution in [-0.2, 0) is 9.59 Å². The second kappa shape index (κ2) is 10.3. The summed E-state index contributed by atoms with van der Waals surface area (Å²) in [6.45, 7) is 5.47. The van der Waals surface area contributed by atoms with E-state index in [0.29, 0.717) is 6.42 Å². The van der Waals surface area contributed by atoms with E-state index >= 15 is 0 Å². The van der Waals surface area contributed by atoms with E-state index < -0.39 is 11.9 Å². The van der Waals surface area contributed by atoms with Gasteiger partial charge in [-0.1, -0.05) is 31.2 Å². The Morgan fingerprint density at radius 1 is 1.47 bits per heavy atom. The van der Waals surface area contributed by atoms with Crippen molar-refractivity contribution in [3.05, 3.63) is 24.3 Å². The lowest BCUT2D eigenvalue weighted by atomic mass is 10.0. The normalized spacial score (nSPS) is 12.7. The molecule has 19 heavy (non-hydrogen) atoms. The highest BCUT2D eigenvalue weighted by Crippen LogP contribution is 2.08. The molecule has 108 valence electrons. The number of amides is 2. The Hall–Kier alpha value is -1.66. The third-order valence-electron chi connectivity index (χ3n) is 2.42. The van der Waals surface area contributed by atoms with E-state index in [1.807, 2.05) is 13.0 Å². The van der Waals surface area contributed by atoms with Crippen molar-refractivity contribution in [2.75, 3.05) is 19.7 Å². The molecule has 1 unspecified atom stereocenters. The van der Waals surface area contributed by atoms with Gasteiger partial charge in [0.05, 0.1) is 13.2 Å². The van der Waals surface area contributed by atoms with Gasteiger partial charge >= 0.3 is 0 Å². The Kier molecular flexibility index (Phi) is 9.38. The molecule has 0 aliphatic carbocycles. The minimum atomic E-state index is -0.710. The first-order valence-electron chi connectivity index (χ1n) is 6.28. The number of rotatable bonds is 9. The minimum absolute atomic E-state index is 0.148. The summed E-state index contributed by atoms with van der Waals surface area (Å²) in [5.41, 5.74) is 6.10. The van der Waals surface area contributed by atoms with Crippen LogP contribution < -0.4 is 16.4 Å². The average Bonchev–Trinajstić information content (AvgIpc) is 2.42. The highest BCUT2D eigenvalue weighted by molar-refractivity contribution is 5.88. The Labute approximate surface area is 113 Å². The van der Waals surface area contributed by atoms with Gasteiger partial charge < -0.3 is 21.5 Å². The zero-order valence-corrected chi connectivity index (χ0v) is 11.3. The monoisotopic (exact) mass is 269 g/mol. The fourth-order valence-electron chi connectivity index (χ4n) is 1.51. The van der Waals surface area contributed by atoms with Crippen LogP contribution in [0, 0.1) is 0 Å².